The van der Waals surface area contributed by atoms with E-state index >= 15 is 0 Å². The fourth-order valence-electron chi connectivity index (χ4n) is 9.31. The molecule has 0 unspecified atom stereocenters. The van der Waals surface area contributed by atoms with E-state index in [0.717, 1.165) is 61.4 Å². The molecule has 0 N–H and O–H groups in total. The van der Waals surface area contributed by atoms with Gasteiger partial charge in [0.15, 0.2) is 0 Å². The van der Waals surface area contributed by atoms with Crippen LogP contribution in [0.15, 0.2) is 223 Å². The first-order chi connectivity index (χ1) is 29.3. The molecule has 2 heterocycles. The molecule has 3 nitrogen and oxygen atoms in total. The molecule has 10 aromatic carbocycles. The lowest BCUT2D eigenvalue weighted by molar-refractivity contribution is 0.669. The number of hydrogen-bond donors (Lipinski definition) is 0. The van der Waals surface area contributed by atoms with Crippen LogP contribution in [0.1, 0.15) is 0 Å². The predicted molar refractivity (Wildman–Crippen MR) is 249 cm³/mol. The van der Waals surface area contributed by atoms with E-state index < -0.39 is 0 Å². The summed E-state index contributed by atoms with van der Waals surface area (Å²) in [4.78, 5) is 2.42. The van der Waals surface area contributed by atoms with Crippen molar-refractivity contribution < 1.29 is 4.42 Å². The number of anilines is 3. The van der Waals surface area contributed by atoms with Crippen LogP contribution in [0.2, 0.25) is 0 Å². The molecule has 0 aliphatic rings. The number of fused-ring (bicyclic) bond motifs is 9. The Labute approximate surface area is 341 Å². The van der Waals surface area contributed by atoms with Gasteiger partial charge in [-0.2, -0.15) is 0 Å². The summed E-state index contributed by atoms with van der Waals surface area (Å²) in [6, 6.07) is 78.9. The van der Waals surface area contributed by atoms with Crippen LogP contribution < -0.4 is 4.90 Å². The lowest BCUT2D eigenvalue weighted by Gasteiger charge is -2.29. The molecule has 0 atom stereocenters. The minimum atomic E-state index is 0.878. The van der Waals surface area contributed by atoms with Gasteiger partial charge in [0, 0.05) is 44.2 Å². The van der Waals surface area contributed by atoms with E-state index in [2.05, 4.69) is 216 Å². The van der Waals surface area contributed by atoms with Crippen molar-refractivity contribution in [3.63, 3.8) is 0 Å². The summed E-state index contributed by atoms with van der Waals surface area (Å²) in [5.41, 5.74) is 13.0. The van der Waals surface area contributed by atoms with Gasteiger partial charge in [-0.25, -0.2) is 0 Å². The molecule has 12 aromatic rings. The summed E-state index contributed by atoms with van der Waals surface area (Å²) in [5.74, 6) is 0. The molecule has 2 aromatic heterocycles. The lowest BCUT2D eigenvalue weighted by Crippen LogP contribution is -2.12. The van der Waals surface area contributed by atoms with Gasteiger partial charge in [-0.05, 0) is 111 Å². The molecule has 0 fully saturated rings. The van der Waals surface area contributed by atoms with E-state index in [0.29, 0.717) is 0 Å². The van der Waals surface area contributed by atoms with Crippen molar-refractivity contribution in [3.8, 4) is 27.9 Å². The molecule has 12 rings (SSSR count). The maximum atomic E-state index is 6.43. The fourth-order valence-corrected chi connectivity index (χ4v) is 9.31. The third-order valence-electron chi connectivity index (χ3n) is 11.9. The van der Waals surface area contributed by atoms with Crippen LogP contribution >= 0.6 is 0 Å². The molecule has 59 heavy (non-hydrogen) atoms. The molecule has 0 amide bonds. The topological polar surface area (TPSA) is 21.3 Å². The van der Waals surface area contributed by atoms with E-state index in [1.165, 1.54) is 48.9 Å². The Morgan fingerprint density at radius 3 is 1.75 bits per heavy atom. The highest BCUT2D eigenvalue weighted by molar-refractivity contribution is 6.14. The van der Waals surface area contributed by atoms with E-state index in [9.17, 15) is 0 Å². The van der Waals surface area contributed by atoms with Crippen LogP contribution in [0, 0.1) is 0 Å². The Morgan fingerprint density at radius 2 is 0.932 bits per heavy atom. The molecule has 0 bridgehead atoms. The molecule has 0 saturated carbocycles. The number of nitrogens with zero attached hydrogens (tertiary/aromatic N) is 2. The third-order valence-corrected chi connectivity index (χ3v) is 11.9. The minimum Gasteiger partial charge on any atom is -0.456 e. The highest BCUT2D eigenvalue weighted by Crippen LogP contribution is 2.45. The molecular formula is C56H36N2O. The number of para-hydroxylation sites is 4. The largest absolute Gasteiger partial charge is 0.456 e. The van der Waals surface area contributed by atoms with Gasteiger partial charge in [0.05, 0.1) is 16.7 Å². The van der Waals surface area contributed by atoms with Crippen LogP contribution in [0.4, 0.5) is 17.1 Å². The molecule has 0 aliphatic heterocycles. The standard InChI is InChI=1S/C56H36N2O/c1-2-20-43-38(15-1)34-51(46-23-4-3-22-45(43)46)37-16-13-17-40(33-37)57(41-18-14-19-42(36-41)58-53-28-10-6-24-47(53)48-25-7-11-29-54(48)58)52-27-9-5-21-44(52)39-31-32-50-49-26-8-12-30-55(49)59-56(50)35-39/h1-36H. The average molecular weight is 753 g/mol. The maximum Gasteiger partial charge on any atom is 0.136 e. The van der Waals surface area contributed by atoms with Crippen LogP contribution in [0.25, 0.3) is 93.2 Å². The van der Waals surface area contributed by atoms with Crippen LogP contribution in [0.3, 0.4) is 0 Å². The van der Waals surface area contributed by atoms with E-state index in [4.69, 9.17) is 4.42 Å². The Bertz CT molecular complexity index is 3540. The van der Waals surface area contributed by atoms with Crippen molar-refractivity contribution in [1.82, 2.24) is 4.57 Å². The molecule has 0 radical (unpaired) electrons. The van der Waals surface area contributed by atoms with Crippen molar-refractivity contribution in [1.29, 1.82) is 0 Å². The van der Waals surface area contributed by atoms with E-state index in [1.807, 2.05) is 12.1 Å². The summed E-state index contributed by atoms with van der Waals surface area (Å²) >= 11 is 0. The Kier molecular flexibility index (Phi) is 7.54. The number of rotatable bonds is 6. The Hall–Kier alpha value is -7.88. The van der Waals surface area contributed by atoms with Gasteiger partial charge in [-0.3, -0.25) is 0 Å². The van der Waals surface area contributed by atoms with Gasteiger partial charge < -0.3 is 13.9 Å². The second-order valence-corrected chi connectivity index (χ2v) is 15.3. The number of aromatic nitrogens is 1. The predicted octanol–water partition coefficient (Wildman–Crippen LogP) is 15.8. The van der Waals surface area contributed by atoms with Crippen LogP contribution in [-0.2, 0) is 0 Å². The van der Waals surface area contributed by atoms with Gasteiger partial charge >= 0.3 is 0 Å². The molecule has 276 valence electrons. The zero-order valence-electron chi connectivity index (χ0n) is 32.1. The molecular weight excluding hydrogens is 717 g/mol. The minimum absolute atomic E-state index is 0.878. The quantitative estimate of drug-likeness (QED) is 0.158. The van der Waals surface area contributed by atoms with E-state index in [1.54, 1.807) is 0 Å². The van der Waals surface area contributed by atoms with Gasteiger partial charge in [-0.1, -0.05) is 146 Å². The van der Waals surface area contributed by atoms with Crippen LogP contribution in [0.5, 0.6) is 0 Å². The van der Waals surface area contributed by atoms with Crippen molar-refractivity contribution in [2.24, 2.45) is 0 Å². The Balaban J connectivity index is 1.09. The van der Waals surface area contributed by atoms with Crippen molar-refractivity contribution >= 4 is 82.4 Å². The first-order valence-electron chi connectivity index (χ1n) is 20.2. The van der Waals surface area contributed by atoms with Gasteiger partial charge in [0.1, 0.15) is 11.2 Å². The summed E-state index contributed by atoms with van der Waals surface area (Å²) in [6.45, 7) is 0. The smallest absolute Gasteiger partial charge is 0.136 e. The summed E-state index contributed by atoms with van der Waals surface area (Å²) < 4.78 is 8.82. The average Bonchev–Trinajstić information content (AvgIpc) is 3.85. The van der Waals surface area contributed by atoms with Crippen molar-refractivity contribution in [2.45, 2.75) is 0 Å². The second-order valence-electron chi connectivity index (χ2n) is 15.3. The molecule has 0 spiro atoms. The first-order valence-corrected chi connectivity index (χ1v) is 20.2. The normalized spacial score (nSPS) is 11.7. The third kappa shape index (κ3) is 5.36. The summed E-state index contributed by atoms with van der Waals surface area (Å²) in [5, 5.41) is 9.72. The number of hydrogen-bond acceptors (Lipinski definition) is 2. The Morgan fingerprint density at radius 1 is 0.339 bits per heavy atom. The van der Waals surface area contributed by atoms with Crippen molar-refractivity contribution in [3.05, 3.63) is 218 Å². The fraction of sp³-hybridized carbons (Fsp3) is 0. The van der Waals surface area contributed by atoms with Gasteiger partial charge in [0.2, 0.25) is 0 Å². The van der Waals surface area contributed by atoms with Crippen LogP contribution in [-0.4, -0.2) is 4.57 Å². The zero-order chi connectivity index (χ0) is 38.9. The highest BCUT2D eigenvalue weighted by Gasteiger charge is 2.21. The highest BCUT2D eigenvalue weighted by atomic mass is 16.3. The summed E-state index contributed by atoms with van der Waals surface area (Å²) in [7, 11) is 0. The second kappa shape index (κ2) is 13.4. The number of furan rings is 1. The van der Waals surface area contributed by atoms with Gasteiger partial charge in [0.25, 0.3) is 0 Å². The first kappa shape index (κ1) is 33.3. The molecule has 0 aliphatic carbocycles. The lowest BCUT2D eigenvalue weighted by atomic mass is 9.93. The van der Waals surface area contributed by atoms with E-state index in [-0.39, 0.29) is 0 Å². The maximum absolute atomic E-state index is 6.43. The number of benzene rings is 10. The summed E-state index contributed by atoms with van der Waals surface area (Å²) in [6.07, 6.45) is 0. The SMILES string of the molecule is c1cc(-c2cc3ccccc3c3ccccc23)cc(N(c2cccc(-n3c4ccccc4c4ccccc43)c2)c2ccccc2-c2ccc3c(c2)oc2ccccc23)c1. The molecule has 3 heteroatoms. The zero-order valence-corrected chi connectivity index (χ0v) is 32.1. The monoisotopic (exact) mass is 752 g/mol. The van der Waals surface area contributed by atoms with Crippen molar-refractivity contribution in [2.75, 3.05) is 4.90 Å². The van der Waals surface area contributed by atoms with Gasteiger partial charge in [-0.15, -0.1) is 0 Å². The molecule has 0 saturated heterocycles.